The first-order valence-electron chi connectivity index (χ1n) is 8.80. The molecule has 0 aliphatic heterocycles. The van der Waals surface area contributed by atoms with E-state index in [0.29, 0.717) is 6.54 Å². The fourth-order valence-electron chi connectivity index (χ4n) is 2.75. The molecule has 0 unspecified atom stereocenters. The lowest BCUT2D eigenvalue weighted by molar-refractivity contribution is 0.590. The summed E-state index contributed by atoms with van der Waals surface area (Å²) in [7, 11) is 0. The smallest absolute Gasteiger partial charge is 0.193 e. The van der Waals surface area contributed by atoms with Crippen LogP contribution in [-0.2, 0) is 17.4 Å². The zero-order valence-electron chi connectivity index (χ0n) is 16.8. The average Bonchev–Trinajstić information content (AvgIpc) is 2.51. The summed E-state index contributed by atoms with van der Waals surface area (Å²) in [5, 5.41) is 8.01. The fourth-order valence-corrected chi connectivity index (χ4v) is 2.75. The van der Waals surface area contributed by atoms with Crippen molar-refractivity contribution in [1.29, 1.82) is 5.41 Å². The van der Waals surface area contributed by atoms with E-state index >= 15 is 0 Å². The van der Waals surface area contributed by atoms with Crippen molar-refractivity contribution in [2.45, 2.75) is 58.9 Å². The van der Waals surface area contributed by atoms with E-state index in [4.69, 9.17) is 11.1 Å². The van der Waals surface area contributed by atoms with Crippen molar-refractivity contribution in [2.24, 2.45) is 5.73 Å². The van der Waals surface area contributed by atoms with Crippen LogP contribution in [0.2, 0.25) is 0 Å². The molecular weight excluding hydrogens is 342 g/mol. The van der Waals surface area contributed by atoms with Crippen molar-refractivity contribution < 1.29 is 0 Å². The number of benzene rings is 2. The van der Waals surface area contributed by atoms with Gasteiger partial charge in [-0.3, -0.25) is 5.41 Å². The maximum absolute atomic E-state index is 8.01. The van der Waals surface area contributed by atoms with Gasteiger partial charge < -0.3 is 10.6 Å². The van der Waals surface area contributed by atoms with Gasteiger partial charge in [0, 0.05) is 5.69 Å². The van der Waals surface area contributed by atoms with Gasteiger partial charge in [-0.15, -0.1) is 12.4 Å². The molecule has 0 aliphatic carbocycles. The second-order valence-electron chi connectivity index (χ2n) is 8.72. The Morgan fingerprint density at radius 2 is 1.42 bits per heavy atom. The quantitative estimate of drug-likeness (QED) is 0.543. The SMILES string of the molecule is CC(C)(C)c1ccc(CN(C(=N)N)c2cccc(C(C)(C)C)c2)cc1.Cl. The van der Waals surface area contributed by atoms with Crippen LogP contribution in [-0.4, -0.2) is 5.96 Å². The minimum Gasteiger partial charge on any atom is -0.370 e. The summed E-state index contributed by atoms with van der Waals surface area (Å²) >= 11 is 0. The summed E-state index contributed by atoms with van der Waals surface area (Å²) in [5.41, 5.74) is 10.7. The molecule has 0 aliphatic rings. The van der Waals surface area contributed by atoms with Crippen LogP contribution in [0.4, 0.5) is 5.69 Å². The van der Waals surface area contributed by atoms with E-state index in [0.717, 1.165) is 11.3 Å². The summed E-state index contributed by atoms with van der Waals surface area (Å²) in [6, 6.07) is 16.9. The third kappa shape index (κ3) is 5.50. The van der Waals surface area contributed by atoms with Gasteiger partial charge in [0.25, 0.3) is 0 Å². The summed E-state index contributed by atoms with van der Waals surface area (Å²) in [6.07, 6.45) is 0. The first-order chi connectivity index (χ1) is 11.5. The molecule has 142 valence electrons. The number of halogens is 1. The minimum absolute atomic E-state index is 0. The lowest BCUT2D eigenvalue weighted by Crippen LogP contribution is -2.36. The van der Waals surface area contributed by atoms with E-state index in [9.17, 15) is 0 Å². The standard InChI is InChI=1S/C22H31N3.ClH/c1-21(2,3)17-12-10-16(11-13-17)15-25(20(23)24)19-9-7-8-18(14-19)22(4,5)6;/h7-14H,15H2,1-6H3,(H3,23,24);1H. The Hall–Kier alpha value is -2.00. The molecule has 0 amide bonds. The number of anilines is 1. The molecule has 0 aromatic heterocycles. The molecule has 0 saturated heterocycles. The average molecular weight is 374 g/mol. The number of nitrogens with one attached hydrogen (secondary N) is 1. The normalized spacial score (nSPS) is 11.6. The number of nitrogens with zero attached hydrogens (tertiary/aromatic N) is 1. The highest BCUT2D eigenvalue weighted by atomic mass is 35.5. The predicted molar refractivity (Wildman–Crippen MR) is 116 cm³/mol. The van der Waals surface area contributed by atoms with E-state index in [2.05, 4.69) is 77.9 Å². The van der Waals surface area contributed by atoms with Crippen molar-refractivity contribution in [3.8, 4) is 0 Å². The maximum atomic E-state index is 8.01. The minimum atomic E-state index is 0. The maximum Gasteiger partial charge on any atom is 0.193 e. The van der Waals surface area contributed by atoms with E-state index in [1.165, 1.54) is 11.1 Å². The van der Waals surface area contributed by atoms with E-state index in [-0.39, 0.29) is 29.2 Å². The lowest BCUT2D eigenvalue weighted by Gasteiger charge is -2.26. The topological polar surface area (TPSA) is 53.1 Å². The van der Waals surface area contributed by atoms with E-state index < -0.39 is 0 Å². The number of rotatable bonds is 3. The number of hydrogen-bond donors (Lipinski definition) is 2. The van der Waals surface area contributed by atoms with Gasteiger partial charge in [-0.1, -0.05) is 77.9 Å². The predicted octanol–water partition coefficient (Wildman–Crippen LogP) is 5.60. The molecule has 0 radical (unpaired) electrons. The van der Waals surface area contributed by atoms with Gasteiger partial charge in [-0.25, -0.2) is 0 Å². The summed E-state index contributed by atoms with van der Waals surface area (Å²) in [6.45, 7) is 13.8. The van der Waals surface area contributed by atoms with Crippen LogP contribution in [0.3, 0.4) is 0 Å². The molecule has 3 nitrogen and oxygen atoms in total. The first-order valence-corrected chi connectivity index (χ1v) is 8.80. The molecule has 0 saturated carbocycles. The highest BCUT2D eigenvalue weighted by Gasteiger charge is 2.18. The molecular formula is C22H32ClN3. The number of nitrogens with two attached hydrogens (primary N) is 1. The third-order valence-electron chi connectivity index (χ3n) is 4.48. The lowest BCUT2D eigenvalue weighted by atomic mass is 9.86. The second kappa shape index (κ2) is 8.13. The Labute approximate surface area is 164 Å². The second-order valence-corrected chi connectivity index (χ2v) is 8.72. The molecule has 26 heavy (non-hydrogen) atoms. The van der Waals surface area contributed by atoms with Crippen molar-refractivity contribution in [1.82, 2.24) is 0 Å². The van der Waals surface area contributed by atoms with E-state index in [1.807, 2.05) is 17.0 Å². The molecule has 0 atom stereocenters. The van der Waals surface area contributed by atoms with Gasteiger partial charge in [-0.05, 0) is 39.7 Å². The zero-order valence-corrected chi connectivity index (χ0v) is 17.6. The highest BCUT2D eigenvalue weighted by Crippen LogP contribution is 2.27. The summed E-state index contributed by atoms with van der Waals surface area (Å²) in [4.78, 5) is 1.85. The Bertz CT molecular complexity index is 737. The largest absolute Gasteiger partial charge is 0.370 e. The molecule has 0 fully saturated rings. The van der Waals surface area contributed by atoms with Gasteiger partial charge >= 0.3 is 0 Å². The zero-order chi connectivity index (χ0) is 18.8. The van der Waals surface area contributed by atoms with Crippen molar-refractivity contribution >= 4 is 24.1 Å². The number of guanidine groups is 1. The van der Waals surface area contributed by atoms with Gasteiger partial charge in [0.2, 0.25) is 0 Å². The Kier molecular flexibility index (Phi) is 6.89. The highest BCUT2D eigenvalue weighted by molar-refractivity contribution is 5.92. The van der Waals surface area contributed by atoms with Crippen LogP contribution >= 0.6 is 12.4 Å². The number of hydrogen-bond acceptors (Lipinski definition) is 1. The van der Waals surface area contributed by atoms with Crippen LogP contribution < -0.4 is 10.6 Å². The monoisotopic (exact) mass is 373 g/mol. The fraction of sp³-hybridized carbons (Fsp3) is 0.409. The van der Waals surface area contributed by atoms with Crippen molar-refractivity contribution in [3.05, 3.63) is 65.2 Å². The van der Waals surface area contributed by atoms with Gasteiger partial charge in [0.15, 0.2) is 5.96 Å². The van der Waals surface area contributed by atoms with Crippen molar-refractivity contribution in [3.63, 3.8) is 0 Å². The summed E-state index contributed by atoms with van der Waals surface area (Å²) in [5.74, 6) is 0.0611. The molecule has 2 rings (SSSR count). The van der Waals surface area contributed by atoms with Crippen LogP contribution in [0.5, 0.6) is 0 Å². The van der Waals surface area contributed by atoms with Gasteiger partial charge in [-0.2, -0.15) is 0 Å². The molecule has 2 aromatic carbocycles. The Balaban J connectivity index is 0.00000338. The third-order valence-corrected chi connectivity index (χ3v) is 4.48. The van der Waals surface area contributed by atoms with Crippen LogP contribution in [0.15, 0.2) is 48.5 Å². The van der Waals surface area contributed by atoms with Crippen molar-refractivity contribution in [2.75, 3.05) is 4.90 Å². The van der Waals surface area contributed by atoms with Crippen LogP contribution in [0.25, 0.3) is 0 Å². The molecule has 4 heteroatoms. The Morgan fingerprint density at radius 3 is 1.88 bits per heavy atom. The van der Waals surface area contributed by atoms with E-state index in [1.54, 1.807) is 0 Å². The molecule has 0 bridgehead atoms. The molecule has 3 N–H and O–H groups in total. The van der Waals surface area contributed by atoms with Gasteiger partial charge in [0.05, 0.1) is 6.54 Å². The molecule has 0 spiro atoms. The van der Waals surface area contributed by atoms with Gasteiger partial charge in [0.1, 0.15) is 0 Å². The Morgan fingerprint density at radius 1 is 0.885 bits per heavy atom. The molecule has 2 aromatic rings. The van der Waals surface area contributed by atoms with Crippen LogP contribution in [0.1, 0.15) is 58.2 Å². The molecule has 0 heterocycles. The summed E-state index contributed by atoms with van der Waals surface area (Å²) < 4.78 is 0. The van der Waals surface area contributed by atoms with Crippen LogP contribution in [0, 0.1) is 5.41 Å². The first kappa shape index (κ1) is 22.0.